The van der Waals surface area contributed by atoms with Crippen molar-refractivity contribution in [1.29, 1.82) is 0 Å². The minimum absolute atomic E-state index is 0.0491. The quantitative estimate of drug-likeness (QED) is 0.900. The summed E-state index contributed by atoms with van der Waals surface area (Å²) in [5.74, 6) is 0.0491. The first kappa shape index (κ1) is 14.9. The molecular weight excluding hydrogens is 250 g/mol. The molecular formula is C16H25N3O. The third-order valence-corrected chi connectivity index (χ3v) is 3.65. The molecule has 0 spiro atoms. The molecule has 1 saturated heterocycles. The summed E-state index contributed by atoms with van der Waals surface area (Å²) >= 11 is 0. The van der Waals surface area contributed by atoms with Crippen LogP contribution >= 0.6 is 0 Å². The maximum atomic E-state index is 12.0. The lowest BCUT2D eigenvalue weighted by atomic mass is 9.95. The number of nitrogens with zero attached hydrogens (tertiary/aromatic N) is 2. The normalized spacial score (nSPS) is 17.1. The Kier molecular flexibility index (Phi) is 4.33. The van der Waals surface area contributed by atoms with Crippen molar-refractivity contribution >= 4 is 17.3 Å². The van der Waals surface area contributed by atoms with Crippen LogP contribution in [0, 0.1) is 5.41 Å². The summed E-state index contributed by atoms with van der Waals surface area (Å²) in [6, 6.07) is 8.13. The Hall–Kier alpha value is -1.55. The zero-order valence-electron chi connectivity index (χ0n) is 12.9. The van der Waals surface area contributed by atoms with Crippen molar-refractivity contribution in [2.45, 2.75) is 20.8 Å². The molecule has 0 atom stereocenters. The zero-order valence-corrected chi connectivity index (χ0v) is 12.9. The third-order valence-electron chi connectivity index (χ3n) is 3.65. The Morgan fingerprint density at radius 3 is 2.40 bits per heavy atom. The van der Waals surface area contributed by atoms with Crippen LogP contribution in [-0.2, 0) is 4.79 Å². The van der Waals surface area contributed by atoms with Crippen LogP contribution < -0.4 is 10.2 Å². The highest BCUT2D eigenvalue weighted by atomic mass is 16.2. The van der Waals surface area contributed by atoms with E-state index in [1.807, 2.05) is 32.9 Å². The summed E-state index contributed by atoms with van der Waals surface area (Å²) in [4.78, 5) is 16.7. The first-order valence-electron chi connectivity index (χ1n) is 7.21. The van der Waals surface area contributed by atoms with Gasteiger partial charge in [-0.05, 0) is 25.2 Å². The molecule has 4 nitrogen and oxygen atoms in total. The Morgan fingerprint density at radius 1 is 1.15 bits per heavy atom. The summed E-state index contributed by atoms with van der Waals surface area (Å²) in [5.41, 5.74) is 1.69. The second kappa shape index (κ2) is 5.83. The van der Waals surface area contributed by atoms with Gasteiger partial charge in [0.2, 0.25) is 5.91 Å². The summed E-state index contributed by atoms with van der Waals surface area (Å²) in [6.45, 7) is 10.0. The van der Waals surface area contributed by atoms with Crippen LogP contribution in [0.15, 0.2) is 24.3 Å². The fourth-order valence-electron chi connectivity index (χ4n) is 2.16. The minimum atomic E-state index is -0.371. The maximum absolute atomic E-state index is 12.0. The monoisotopic (exact) mass is 275 g/mol. The van der Waals surface area contributed by atoms with E-state index in [1.165, 1.54) is 5.69 Å². The van der Waals surface area contributed by atoms with Gasteiger partial charge in [0.15, 0.2) is 0 Å². The number of nitrogens with one attached hydrogen (secondary N) is 1. The van der Waals surface area contributed by atoms with Crippen molar-refractivity contribution in [3.05, 3.63) is 24.3 Å². The van der Waals surface area contributed by atoms with Crippen LogP contribution in [0.5, 0.6) is 0 Å². The molecule has 1 amide bonds. The minimum Gasteiger partial charge on any atom is -0.369 e. The van der Waals surface area contributed by atoms with Gasteiger partial charge in [-0.1, -0.05) is 26.8 Å². The van der Waals surface area contributed by atoms with Crippen LogP contribution in [0.3, 0.4) is 0 Å². The van der Waals surface area contributed by atoms with Gasteiger partial charge in [0.1, 0.15) is 0 Å². The van der Waals surface area contributed by atoms with E-state index in [-0.39, 0.29) is 11.3 Å². The standard InChI is InChI=1S/C16H25N3O/c1-16(2,3)15(20)17-13-6-5-7-14(12-13)19-10-8-18(4)9-11-19/h5-7,12H,8-11H2,1-4H3,(H,17,20). The second-order valence-corrected chi connectivity index (χ2v) is 6.54. The van der Waals surface area contributed by atoms with Crippen molar-refractivity contribution in [1.82, 2.24) is 4.90 Å². The Labute approximate surface area is 121 Å². The molecule has 1 aliphatic heterocycles. The lowest BCUT2D eigenvalue weighted by molar-refractivity contribution is -0.123. The predicted octanol–water partition coefficient (Wildman–Crippen LogP) is 2.42. The molecule has 1 fully saturated rings. The Balaban J connectivity index is 2.06. The van der Waals surface area contributed by atoms with E-state index in [9.17, 15) is 4.79 Å². The van der Waals surface area contributed by atoms with Crippen molar-refractivity contribution in [2.24, 2.45) is 5.41 Å². The number of hydrogen-bond donors (Lipinski definition) is 1. The molecule has 0 unspecified atom stereocenters. The number of carbonyl (C=O) groups excluding carboxylic acids is 1. The number of carbonyl (C=O) groups is 1. The summed E-state index contributed by atoms with van der Waals surface area (Å²) in [6.07, 6.45) is 0. The second-order valence-electron chi connectivity index (χ2n) is 6.54. The van der Waals surface area contributed by atoms with E-state index in [1.54, 1.807) is 0 Å². The van der Waals surface area contributed by atoms with E-state index < -0.39 is 0 Å². The van der Waals surface area contributed by atoms with E-state index in [0.717, 1.165) is 31.9 Å². The first-order chi connectivity index (χ1) is 9.36. The lowest BCUT2D eigenvalue weighted by Gasteiger charge is -2.34. The largest absolute Gasteiger partial charge is 0.369 e. The number of anilines is 2. The molecule has 0 radical (unpaired) electrons. The molecule has 0 saturated carbocycles. The molecule has 0 aliphatic carbocycles. The number of rotatable bonds is 2. The fourth-order valence-corrected chi connectivity index (χ4v) is 2.16. The number of likely N-dealkylation sites (N-methyl/N-ethyl adjacent to an activating group) is 1. The average molecular weight is 275 g/mol. The van der Waals surface area contributed by atoms with Crippen molar-refractivity contribution in [3.63, 3.8) is 0 Å². The van der Waals surface area contributed by atoms with Gasteiger partial charge in [0.05, 0.1) is 0 Å². The van der Waals surface area contributed by atoms with Crippen LogP contribution in [0.25, 0.3) is 0 Å². The number of benzene rings is 1. The highest BCUT2D eigenvalue weighted by Crippen LogP contribution is 2.23. The first-order valence-corrected chi connectivity index (χ1v) is 7.21. The molecule has 1 aliphatic rings. The Bertz CT molecular complexity index is 471. The average Bonchev–Trinajstić information content (AvgIpc) is 2.39. The van der Waals surface area contributed by atoms with Gasteiger partial charge in [0, 0.05) is 43.0 Å². The van der Waals surface area contributed by atoms with Gasteiger partial charge in [-0.3, -0.25) is 4.79 Å². The number of amides is 1. The highest BCUT2D eigenvalue weighted by molar-refractivity contribution is 5.94. The van der Waals surface area contributed by atoms with Crippen molar-refractivity contribution < 1.29 is 4.79 Å². The smallest absolute Gasteiger partial charge is 0.229 e. The summed E-state index contributed by atoms with van der Waals surface area (Å²) in [5, 5.41) is 2.99. The van der Waals surface area contributed by atoms with Crippen LogP contribution in [0.2, 0.25) is 0 Å². The molecule has 1 heterocycles. The summed E-state index contributed by atoms with van der Waals surface area (Å²) in [7, 11) is 2.15. The van der Waals surface area contributed by atoms with E-state index >= 15 is 0 Å². The fraction of sp³-hybridized carbons (Fsp3) is 0.562. The molecule has 0 bridgehead atoms. The third kappa shape index (κ3) is 3.73. The van der Waals surface area contributed by atoms with E-state index in [0.29, 0.717) is 0 Å². The van der Waals surface area contributed by atoms with Crippen LogP contribution in [0.1, 0.15) is 20.8 Å². The van der Waals surface area contributed by atoms with Gasteiger partial charge in [-0.2, -0.15) is 0 Å². The number of piperazine rings is 1. The number of hydrogen-bond acceptors (Lipinski definition) is 3. The molecule has 0 aromatic heterocycles. The Morgan fingerprint density at radius 2 is 1.80 bits per heavy atom. The van der Waals surface area contributed by atoms with Gasteiger partial charge in [0.25, 0.3) is 0 Å². The highest BCUT2D eigenvalue weighted by Gasteiger charge is 2.21. The molecule has 110 valence electrons. The summed E-state index contributed by atoms with van der Waals surface area (Å²) < 4.78 is 0. The predicted molar refractivity (Wildman–Crippen MR) is 84.2 cm³/mol. The van der Waals surface area contributed by atoms with Crippen molar-refractivity contribution in [3.8, 4) is 0 Å². The molecule has 1 aromatic carbocycles. The lowest BCUT2D eigenvalue weighted by Crippen LogP contribution is -2.44. The van der Waals surface area contributed by atoms with Gasteiger partial charge >= 0.3 is 0 Å². The van der Waals surface area contributed by atoms with Gasteiger partial charge < -0.3 is 15.1 Å². The van der Waals surface area contributed by atoms with E-state index in [2.05, 4.69) is 34.3 Å². The van der Waals surface area contributed by atoms with E-state index in [4.69, 9.17) is 0 Å². The molecule has 1 N–H and O–H groups in total. The molecule has 2 rings (SSSR count). The van der Waals surface area contributed by atoms with Gasteiger partial charge in [-0.15, -0.1) is 0 Å². The van der Waals surface area contributed by atoms with Crippen LogP contribution in [0.4, 0.5) is 11.4 Å². The zero-order chi connectivity index (χ0) is 14.8. The molecule has 4 heteroatoms. The molecule has 1 aromatic rings. The van der Waals surface area contributed by atoms with Crippen LogP contribution in [-0.4, -0.2) is 44.0 Å². The maximum Gasteiger partial charge on any atom is 0.229 e. The molecule has 20 heavy (non-hydrogen) atoms. The SMILES string of the molecule is CN1CCN(c2cccc(NC(=O)C(C)(C)C)c2)CC1. The van der Waals surface area contributed by atoms with Crippen molar-refractivity contribution in [2.75, 3.05) is 43.4 Å². The topological polar surface area (TPSA) is 35.6 Å². The van der Waals surface area contributed by atoms with Gasteiger partial charge in [-0.25, -0.2) is 0 Å².